The second kappa shape index (κ2) is 8.77. The van der Waals surface area contributed by atoms with E-state index in [0.29, 0.717) is 44.1 Å². The molecule has 0 aromatic carbocycles. The van der Waals surface area contributed by atoms with Crippen molar-refractivity contribution >= 4 is 5.91 Å². The number of halogens is 3. The number of nitrogens with one attached hydrogen (secondary N) is 1. The van der Waals surface area contributed by atoms with Crippen molar-refractivity contribution in [3.05, 3.63) is 28.8 Å². The summed E-state index contributed by atoms with van der Waals surface area (Å²) >= 11 is 0. The van der Waals surface area contributed by atoms with E-state index in [9.17, 15) is 18.0 Å². The normalized spacial score (nSPS) is 25.0. The highest BCUT2D eigenvalue weighted by Crippen LogP contribution is 2.48. The molecule has 2 aliphatic heterocycles. The molecule has 1 unspecified atom stereocenters. The van der Waals surface area contributed by atoms with Crippen LogP contribution in [0.4, 0.5) is 13.2 Å². The van der Waals surface area contributed by atoms with Crippen LogP contribution >= 0.6 is 0 Å². The Morgan fingerprint density at radius 1 is 1.24 bits per heavy atom. The molecule has 2 saturated heterocycles. The smallest absolute Gasteiger partial charge is 0.396 e. The number of carbonyl (C=O) groups excluding carboxylic acids is 1. The lowest BCUT2D eigenvalue weighted by Gasteiger charge is -2.23. The first kappa shape index (κ1) is 22.4. The Balaban J connectivity index is 1.44. The monoisotopic (exact) mass is 469 g/mol. The lowest BCUT2D eigenvalue weighted by Crippen LogP contribution is -2.32. The summed E-state index contributed by atoms with van der Waals surface area (Å²) < 4.78 is 65.5. The van der Waals surface area contributed by atoms with Gasteiger partial charge in [-0.15, -0.1) is 0 Å². The molecule has 1 aliphatic carbocycles. The topological polar surface area (TPSA) is 87.8 Å². The number of furan rings is 1. The number of carbonyl (C=O) groups is 1. The quantitative estimate of drug-likeness (QED) is 0.725. The van der Waals surface area contributed by atoms with Gasteiger partial charge in [0.1, 0.15) is 11.9 Å². The molecular weight excluding hydrogens is 443 g/mol. The third-order valence-corrected chi connectivity index (χ3v) is 6.40. The molecule has 4 heterocycles. The lowest BCUT2D eigenvalue weighted by molar-refractivity contribution is -0.151. The minimum atomic E-state index is -4.48. The van der Waals surface area contributed by atoms with Gasteiger partial charge in [0.2, 0.25) is 0 Å². The Morgan fingerprint density at radius 2 is 2.06 bits per heavy atom. The molecule has 11 heteroatoms. The summed E-state index contributed by atoms with van der Waals surface area (Å²) in [5, 5.41) is 7.24. The van der Waals surface area contributed by atoms with Gasteiger partial charge in [0.15, 0.2) is 5.76 Å². The van der Waals surface area contributed by atoms with Crippen LogP contribution < -0.4 is 5.32 Å². The second-order valence-electron chi connectivity index (χ2n) is 8.72. The second-order valence-corrected chi connectivity index (χ2v) is 8.72. The molecule has 0 radical (unpaired) electrons. The molecule has 0 spiro atoms. The van der Waals surface area contributed by atoms with E-state index in [1.165, 1.54) is 10.9 Å². The average molecular weight is 469 g/mol. The summed E-state index contributed by atoms with van der Waals surface area (Å²) in [5.74, 6) is -2.07. The number of rotatable bonds is 5. The molecule has 2 aromatic heterocycles. The van der Waals surface area contributed by atoms with Crippen LogP contribution in [-0.2, 0) is 27.2 Å². The molecule has 0 bridgehead atoms. The minimum absolute atomic E-state index is 0.0188. The van der Waals surface area contributed by atoms with Gasteiger partial charge < -0.3 is 23.9 Å². The zero-order valence-corrected chi connectivity index (χ0v) is 18.2. The van der Waals surface area contributed by atoms with Crippen LogP contribution in [0.1, 0.15) is 46.2 Å². The van der Waals surface area contributed by atoms with E-state index in [4.69, 9.17) is 18.6 Å². The molecule has 5 rings (SSSR count). The SMILES string of the molecule is Cc1c(C(=O)NC[C@@H]2CCCO2)oc2c1-c1nn(C[C@H]3COCCO3)cc1C(C(F)(F)F)C2. The predicted molar refractivity (Wildman–Crippen MR) is 109 cm³/mol. The Morgan fingerprint density at radius 3 is 2.76 bits per heavy atom. The van der Waals surface area contributed by atoms with Crippen molar-refractivity contribution in [3.8, 4) is 11.3 Å². The molecule has 180 valence electrons. The maximum absolute atomic E-state index is 13.9. The largest absolute Gasteiger partial charge is 0.455 e. The summed E-state index contributed by atoms with van der Waals surface area (Å²) in [7, 11) is 0. The van der Waals surface area contributed by atoms with E-state index >= 15 is 0 Å². The number of ether oxygens (including phenoxy) is 3. The van der Waals surface area contributed by atoms with Gasteiger partial charge >= 0.3 is 6.18 Å². The molecule has 0 saturated carbocycles. The van der Waals surface area contributed by atoms with Gasteiger partial charge in [-0.05, 0) is 19.8 Å². The molecule has 1 N–H and O–H groups in total. The number of nitrogens with zero attached hydrogens (tertiary/aromatic N) is 2. The molecule has 1 amide bonds. The van der Waals surface area contributed by atoms with Crippen LogP contribution in [0.5, 0.6) is 0 Å². The Labute approximate surface area is 188 Å². The average Bonchev–Trinajstić information content (AvgIpc) is 3.50. The lowest BCUT2D eigenvalue weighted by atomic mass is 9.84. The summed E-state index contributed by atoms with van der Waals surface area (Å²) in [5.41, 5.74) is 1.24. The molecule has 8 nitrogen and oxygen atoms in total. The standard InChI is InChI=1S/C22H26F3N3O5/c1-12-18-17(33-20(12)21(29)26-8-13-3-2-4-31-13)7-16(22(23,24)25)15-10-28(27-19(15)18)9-14-11-30-5-6-32-14/h10,13-14,16H,2-9,11H2,1H3,(H,26,29)/t13-,14-,16?/m0/s1. The van der Waals surface area contributed by atoms with Crippen molar-refractivity contribution in [3.63, 3.8) is 0 Å². The van der Waals surface area contributed by atoms with Gasteiger partial charge in [0.25, 0.3) is 5.91 Å². The Bertz CT molecular complexity index is 1020. The highest BCUT2D eigenvalue weighted by molar-refractivity contribution is 5.95. The van der Waals surface area contributed by atoms with Crippen molar-refractivity contribution in [2.45, 2.75) is 57.0 Å². The van der Waals surface area contributed by atoms with Crippen molar-refractivity contribution in [2.75, 3.05) is 33.0 Å². The first-order chi connectivity index (χ1) is 15.8. The fourth-order valence-corrected chi connectivity index (χ4v) is 4.75. The van der Waals surface area contributed by atoms with E-state index in [1.54, 1.807) is 6.92 Å². The number of hydrogen-bond acceptors (Lipinski definition) is 6. The summed E-state index contributed by atoms with van der Waals surface area (Å²) in [6, 6.07) is 0. The number of hydrogen-bond donors (Lipinski definition) is 1. The van der Waals surface area contributed by atoms with Crippen LogP contribution in [0, 0.1) is 6.92 Å². The third kappa shape index (κ3) is 4.41. The molecule has 33 heavy (non-hydrogen) atoms. The van der Waals surface area contributed by atoms with Gasteiger partial charge in [-0.3, -0.25) is 9.48 Å². The zero-order valence-electron chi connectivity index (χ0n) is 18.2. The first-order valence-electron chi connectivity index (χ1n) is 11.2. The maximum atomic E-state index is 13.9. The van der Waals surface area contributed by atoms with E-state index in [1.807, 2.05) is 0 Å². The highest BCUT2D eigenvalue weighted by Gasteiger charge is 2.48. The fourth-order valence-electron chi connectivity index (χ4n) is 4.75. The van der Waals surface area contributed by atoms with E-state index in [0.717, 1.165) is 12.8 Å². The Hall–Kier alpha value is -2.37. The first-order valence-corrected chi connectivity index (χ1v) is 11.2. The van der Waals surface area contributed by atoms with Crippen molar-refractivity contribution in [2.24, 2.45) is 0 Å². The van der Waals surface area contributed by atoms with Gasteiger partial charge in [0, 0.05) is 42.5 Å². The molecule has 3 aliphatic rings. The third-order valence-electron chi connectivity index (χ3n) is 6.40. The number of fused-ring (bicyclic) bond motifs is 3. The molecule has 2 aromatic rings. The van der Waals surface area contributed by atoms with Crippen LogP contribution in [0.15, 0.2) is 10.6 Å². The van der Waals surface area contributed by atoms with Crippen LogP contribution in [0.3, 0.4) is 0 Å². The van der Waals surface area contributed by atoms with Crippen molar-refractivity contribution in [1.29, 1.82) is 0 Å². The van der Waals surface area contributed by atoms with Crippen LogP contribution in [0.25, 0.3) is 11.3 Å². The molecule has 3 atom stereocenters. The number of alkyl halides is 3. The van der Waals surface area contributed by atoms with E-state index in [-0.39, 0.29) is 48.0 Å². The highest BCUT2D eigenvalue weighted by atomic mass is 19.4. The van der Waals surface area contributed by atoms with E-state index < -0.39 is 18.0 Å². The maximum Gasteiger partial charge on any atom is 0.396 e. The van der Waals surface area contributed by atoms with Crippen molar-refractivity contribution < 1.29 is 36.6 Å². The fraction of sp³-hybridized carbons (Fsp3) is 0.636. The number of amides is 1. The van der Waals surface area contributed by atoms with Crippen LogP contribution in [-0.4, -0.2) is 67.0 Å². The predicted octanol–water partition coefficient (Wildman–Crippen LogP) is 2.98. The summed E-state index contributed by atoms with van der Waals surface area (Å²) in [4.78, 5) is 12.8. The minimum Gasteiger partial charge on any atom is -0.455 e. The molecular formula is C22H26F3N3O5. The van der Waals surface area contributed by atoms with E-state index in [2.05, 4.69) is 10.4 Å². The zero-order chi connectivity index (χ0) is 23.2. The van der Waals surface area contributed by atoms with Gasteiger partial charge in [-0.1, -0.05) is 0 Å². The van der Waals surface area contributed by atoms with Crippen molar-refractivity contribution in [1.82, 2.24) is 15.1 Å². The van der Waals surface area contributed by atoms with Gasteiger partial charge in [-0.25, -0.2) is 0 Å². The van der Waals surface area contributed by atoms with Gasteiger partial charge in [-0.2, -0.15) is 18.3 Å². The number of aromatic nitrogens is 2. The van der Waals surface area contributed by atoms with Crippen LogP contribution in [0.2, 0.25) is 0 Å². The molecule has 2 fully saturated rings. The van der Waals surface area contributed by atoms with Gasteiger partial charge in [0.05, 0.1) is 44.1 Å². The summed E-state index contributed by atoms with van der Waals surface area (Å²) in [6.45, 7) is 4.24. The Kier molecular flexibility index (Phi) is 5.96. The summed E-state index contributed by atoms with van der Waals surface area (Å²) in [6.07, 6.45) is -1.96.